The zero-order valence-corrected chi connectivity index (χ0v) is 14.9. The molecule has 3 rings (SSSR count). The van der Waals surface area contributed by atoms with E-state index in [0.29, 0.717) is 18.8 Å². The lowest BCUT2D eigenvalue weighted by Crippen LogP contribution is -2.50. The van der Waals surface area contributed by atoms with E-state index in [4.69, 9.17) is 0 Å². The van der Waals surface area contributed by atoms with Crippen LogP contribution in [0.4, 0.5) is 0 Å². The molecule has 0 saturated heterocycles. The number of nitrogens with zero attached hydrogens (tertiary/aromatic N) is 1. The van der Waals surface area contributed by atoms with E-state index in [2.05, 4.69) is 15.3 Å². The van der Waals surface area contributed by atoms with Crippen molar-refractivity contribution in [3.05, 3.63) is 18.2 Å². The highest BCUT2D eigenvalue weighted by molar-refractivity contribution is 5.76. The quantitative estimate of drug-likeness (QED) is 0.547. The third-order valence-electron chi connectivity index (χ3n) is 5.67. The summed E-state index contributed by atoms with van der Waals surface area (Å²) >= 11 is 0. The lowest BCUT2D eigenvalue weighted by Gasteiger charge is -2.32. The molecule has 0 unspecified atom stereocenters. The number of carbonyl (C=O) groups is 1. The van der Waals surface area contributed by atoms with Gasteiger partial charge in [0.05, 0.1) is 12.1 Å². The molecule has 0 spiro atoms. The van der Waals surface area contributed by atoms with Gasteiger partial charge < -0.3 is 20.5 Å². The van der Waals surface area contributed by atoms with Crippen molar-refractivity contribution in [3.8, 4) is 0 Å². The molecule has 2 fully saturated rings. The molecule has 25 heavy (non-hydrogen) atoms. The molecule has 0 bridgehead atoms. The Kier molecular flexibility index (Phi) is 6.48. The maximum absolute atomic E-state index is 12.4. The summed E-state index contributed by atoms with van der Waals surface area (Å²) in [4.78, 5) is 19.5. The summed E-state index contributed by atoms with van der Waals surface area (Å²) < 4.78 is 0. The highest BCUT2D eigenvalue weighted by Crippen LogP contribution is 2.36. The molecular weight excluding hydrogens is 318 g/mol. The molecule has 6 heteroatoms. The number of imidazole rings is 1. The topological polar surface area (TPSA) is 98.2 Å². The number of carbonyl (C=O) groups excluding carboxylic acids is 1. The minimum absolute atomic E-state index is 0.0840. The average molecular weight is 349 g/mol. The van der Waals surface area contributed by atoms with Crippen molar-refractivity contribution in [2.75, 3.05) is 0 Å². The van der Waals surface area contributed by atoms with E-state index in [1.54, 1.807) is 12.4 Å². The second-order valence-electron chi connectivity index (χ2n) is 7.77. The second-order valence-corrected chi connectivity index (χ2v) is 7.77. The highest BCUT2D eigenvalue weighted by Gasteiger charge is 2.39. The van der Waals surface area contributed by atoms with Gasteiger partial charge >= 0.3 is 0 Å². The molecule has 1 heterocycles. The van der Waals surface area contributed by atoms with Crippen LogP contribution in [0.3, 0.4) is 0 Å². The van der Waals surface area contributed by atoms with Gasteiger partial charge in [-0.3, -0.25) is 4.79 Å². The van der Waals surface area contributed by atoms with Crippen LogP contribution in [0.2, 0.25) is 0 Å². The number of aryl methyl sites for hydroxylation is 1. The van der Waals surface area contributed by atoms with E-state index >= 15 is 0 Å². The van der Waals surface area contributed by atoms with Gasteiger partial charge in [0.2, 0.25) is 5.91 Å². The monoisotopic (exact) mass is 349 g/mol. The number of rotatable bonds is 9. The highest BCUT2D eigenvalue weighted by atomic mass is 16.3. The molecule has 0 aromatic carbocycles. The number of aromatic nitrogens is 2. The predicted molar refractivity (Wildman–Crippen MR) is 94.8 cm³/mol. The summed E-state index contributed by atoms with van der Waals surface area (Å²) in [6, 6.07) is -0.359. The molecule has 1 amide bonds. The summed E-state index contributed by atoms with van der Waals surface area (Å²) in [5.74, 6) is 1.44. The number of amides is 1. The Hall–Kier alpha value is -1.40. The van der Waals surface area contributed by atoms with Crippen molar-refractivity contribution in [2.45, 2.75) is 82.5 Å². The van der Waals surface area contributed by atoms with Gasteiger partial charge in [-0.05, 0) is 31.1 Å². The van der Waals surface area contributed by atoms with E-state index in [1.165, 1.54) is 19.3 Å². The van der Waals surface area contributed by atoms with Crippen LogP contribution < -0.4 is 5.32 Å². The molecule has 0 aliphatic heterocycles. The molecule has 2 saturated carbocycles. The summed E-state index contributed by atoms with van der Waals surface area (Å²) in [5, 5.41) is 24.0. The number of hydrogen-bond donors (Lipinski definition) is 4. The third kappa shape index (κ3) is 5.54. The molecule has 6 nitrogen and oxygen atoms in total. The number of aliphatic hydroxyl groups excluding tert-OH is 2. The maximum Gasteiger partial charge on any atom is 0.220 e. The van der Waals surface area contributed by atoms with Crippen LogP contribution in [0.25, 0.3) is 0 Å². The molecule has 2 aliphatic rings. The Morgan fingerprint density at radius 1 is 1.24 bits per heavy atom. The average Bonchev–Trinajstić information content (AvgIpc) is 3.35. The van der Waals surface area contributed by atoms with Crippen molar-refractivity contribution in [2.24, 2.45) is 11.8 Å². The number of nitrogens with one attached hydrogen (secondary N) is 2. The second kappa shape index (κ2) is 8.81. The largest absolute Gasteiger partial charge is 0.390 e. The Labute approximate surface area is 149 Å². The Balaban J connectivity index is 1.54. The third-order valence-corrected chi connectivity index (χ3v) is 5.67. The number of H-pyrrole nitrogens is 1. The number of aliphatic hydroxyl groups is 2. The van der Waals surface area contributed by atoms with Gasteiger partial charge in [-0.1, -0.05) is 32.1 Å². The first kappa shape index (κ1) is 18.4. The van der Waals surface area contributed by atoms with E-state index in [1.807, 2.05) is 0 Å². The summed E-state index contributed by atoms with van der Waals surface area (Å²) in [7, 11) is 0. The van der Waals surface area contributed by atoms with Crippen LogP contribution in [-0.2, 0) is 11.2 Å². The summed E-state index contributed by atoms with van der Waals surface area (Å²) in [6.07, 6.45) is 11.5. The van der Waals surface area contributed by atoms with Crippen molar-refractivity contribution in [1.29, 1.82) is 0 Å². The Morgan fingerprint density at radius 3 is 2.64 bits per heavy atom. The van der Waals surface area contributed by atoms with Gasteiger partial charge in [0.25, 0.3) is 0 Å². The Bertz CT molecular complexity index is 524. The van der Waals surface area contributed by atoms with Crippen molar-refractivity contribution < 1.29 is 15.0 Å². The molecule has 3 atom stereocenters. The van der Waals surface area contributed by atoms with E-state index in [9.17, 15) is 15.0 Å². The van der Waals surface area contributed by atoms with E-state index < -0.39 is 12.2 Å². The predicted octanol–water partition coefficient (Wildman–Crippen LogP) is 1.93. The minimum Gasteiger partial charge on any atom is -0.390 e. The lowest BCUT2D eigenvalue weighted by atomic mass is 9.82. The van der Waals surface area contributed by atoms with Crippen LogP contribution in [0.5, 0.6) is 0 Å². The Morgan fingerprint density at radius 2 is 2.00 bits per heavy atom. The first-order chi connectivity index (χ1) is 12.1. The van der Waals surface area contributed by atoms with Gasteiger partial charge in [-0.15, -0.1) is 0 Å². The van der Waals surface area contributed by atoms with Crippen molar-refractivity contribution >= 4 is 5.91 Å². The summed E-state index contributed by atoms with van der Waals surface area (Å²) in [5.41, 5.74) is 0. The zero-order valence-electron chi connectivity index (χ0n) is 14.9. The lowest BCUT2D eigenvalue weighted by molar-refractivity contribution is -0.124. The molecule has 1 aromatic rings. The molecule has 140 valence electrons. The number of hydrogen-bond acceptors (Lipinski definition) is 4. The molecule has 1 aromatic heterocycles. The van der Waals surface area contributed by atoms with Crippen LogP contribution >= 0.6 is 0 Å². The smallest absolute Gasteiger partial charge is 0.220 e. The number of aromatic amines is 1. The van der Waals surface area contributed by atoms with Gasteiger partial charge in [0.1, 0.15) is 11.9 Å². The first-order valence-electron chi connectivity index (χ1n) is 9.77. The van der Waals surface area contributed by atoms with E-state index in [0.717, 1.165) is 37.9 Å². The van der Waals surface area contributed by atoms with Crippen molar-refractivity contribution in [3.63, 3.8) is 0 Å². The summed E-state index contributed by atoms with van der Waals surface area (Å²) in [6.45, 7) is 0. The van der Waals surface area contributed by atoms with Crippen LogP contribution in [-0.4, -0.2) is 44.3 Å². The van der Waals surface area contributed by atoms with Gasteiger partial charge in [0, 0.05) is 25.2 Å². The van der Waals surface area contributed by atoms with Crippen molar-refractivity contribution in [1.82, 2.24) is 15.3 Å². The fourth-order valence-corrected chi connectivity index (χ4v) is 3.97. The zero-order chi connectivity index (χ0) is 17.6. The van der Waals surface area contributed by atoms with E-state index in [-0.39, 0.29) is 17.9 Å². The fourth-order valence-electron chi connectivity index (χ4n) is 3.97. The molecular formula is C19H31N3O3. The maximum atomic E-state index is 12.4. The first-order valence-corrected chi connectivity index (χ1v) is 9.77. The fraction of sp³-hybridized carbons (Fsp3) is 0.789. The molecule has 4 N–H and O–H groups in total. The normalized spacial score (nSPS) is 22.3. The van der Waals surface area contributed by atoms with Gasteiger partial charge in [0.15, 0.2) is 0 Å². The minimum atomic E-state index is -0.873. The van der Waals surface area contributed by atoms with Crippen LogP contribution in [0.1, 0.15) is 63.6 Å². The standard InChI is InChI=1S/C19H31N3O3/c23-17(9-8-16-20-10-11-21-16)22-15(12-13-4-2-1-3-5-13)19(25)18(24)14-6-7-14/h10-11,13-15,18-19,24-25H,1-9,12H2,(H,20,21)(H,22,23)/t15-,18-,19+/m0/s1. The van der Waals surface area contributed by atoms with Gasteiger partial charge in [-0.25, -0.2) is 4.98 Å². The molecule has 0 radical (unpaired) electrons. The van der Waals surface area contributed by atoms with Crippen LogP contribution in [0, 0.1) is 11.8 Å². The van der Waals surface area contributed by atoms with Crippen LogP contribution in [0.15, 0.2) is 12.4 Å². The van der Waals surface area contributed by atoms with Gasteiger partial charge in [-0.2, -0.15) is 0 Å². The molecule has 2 aliphatic carbocycles. The SMILES string of the molecule is O=C(CCc1ncc[nH]1)N[C@@H](CC1CCCCC1)[C@@H](O)[C@@H](O)C1CC1.